The van der Waals surface area contributed by atoms with Crippen molar-refractivity contribution in [3.05, 3.63) is 156 Å². The van der Waals surface area contributed by atoms with E-state index >= 15 is 0 Å². The smallest absolute Gasteiger partial charge is 0.143 e. The van der Waals surface area contributed by atoms with E-state index in [9.17, 15) is 0 Å². The molecule has 0 saturated carbocycles. The molecule has 0 aliphatic rings. The van der Waals surface area contributed by atoms with E-state index in [0.717, 1.165) is 33.1 Å². The fourth-order valence-electron chi connectivity index (χ4n) is 5.53. The van der Waals surface area contributed by atoms with Crippen LogP contribution in [0.3, 0.4) is 0 Å². The molecular formula is C35H24O. The van der Waals surface area contributed by atoms with Gasteiger partial charge in [0.05, 0.1) is 0 Å². The average molecular weight is 461 g/mol. The Balaban J connectivity index is 1.37. The Labute approximate surface area is 210 Å². The highest BCUT2D eigenvalue weighted by Crippen LogP contribution is 2.39. The van der Waals surface area contributed by atoms with Gasteiger partial charge in [-0.2, -0.15) is 0 Å². The van der Waals surface area contributed by atoms with Gasteiger partial charge < -0.3 is 4.42 Å². The molecule has 0 spiro atoms. The minimum absolute atomic E-state index is 0.147. The summed E-state index contributed by atoms with van der Waals surface area (Å²) < 4.78 is 6.30. The SMILES string of the molecule is c1ccc(C(c2ccc(-c3cccc4c3oc3ccccc34)cc2)c2cccc3ccccc23)cc1. The standard InChI is InChI=1S/C35H24O/c1-2-11-26(12-3-1)34(31-17-8-13-24-10-4-5-14-28(24)31)27-22-20-25(21-23-27)29-16-9-18-32-30-15-6-7-19-33(30)36-35(29)32/h1-23,34H. The van der Waals surface area contributed by atoms with E-state index in [1.54, 1.807) is 0 Å². The maximum atomic E-state index is 6.30. The Morgan fingerprint density at radius 1 is 0.444 bits per heavy atom. The molecule has 7 rings (SSSR count). The van der Waals surface area contributed by atoms with Gasteiger partial charge in [0, 0.05) is 22.3 Å². The molecule has 7 aromatic rings. The number of fused-ring (bicyclic) bond motifs is 4. The van der Waals surface area contributed by atoms with Crippen LogP contribution in [0.15, 0.2) is 144 Å². The molecule has 6 aromatic carbocycles. The first-order chi connectivity index (χ1) is 17.9. The molecule has 0 amide bonds. The monoisotopic (exact) mass is 460 g/mol. The zero-order chi connectivity index (χ0) is 23.9. The van der Waals surface area contributed by atoms with Gasteiger partial charge in [-0.15, -0.1) is 0 Å². The van der Waals surface area contributed by atoms with Crippen molar-refractivity contribution in [3.63, 3.8) is 0 Å². The van der Waals surface area contributed by atoms with Crippen LogP contribution in [0, 0.1) is 0 Å². The van der Waals surface area contributed by atoms with Crippen molar-refractivity contribution in [2.45, 2.75) is 5.92 Å². The number of para-hydroxylation sites is 2. The highest BCUT2D eigenvalue weighted by atomic mass is 16.3. The molecule has 170 valence electrons. The fraction of sp³-hybridized carbons (Fsp3) is 0.0286. The van der Waals surface area contributed by atoms with Crippen molar-refractivity contribution in [3.8, 4) is 11.1 Å². The van der Waals surface area contributed by atoms with Gasteiger partial charge in [0.2, 0.25) is 0 Å². The lowest BCUT2D eigenvalue weighted by Crippen LogP contribution is -2.04. The highest BCUT2D eigenvalue weighted by molar-refractivity contribution is 6.09. The summed E-state index contributed by atoms with van der Waals surface area (Å²) in [6.45, 7) is 0. The molecule has 36 heavy (non-hydrogen) atoms. The zero-order valence-corrected chi connectivity index (χ0v) is 19.8. The molecular weight excluding hydrogens is 436 g/mol. The first-order valence-corrected chi connectivity index (χ1v) is 12.4. The van der Waals surface area contributed by atoms with Gasteiger partial charge in [-0.25, -0.2) is 0 Å². The first-order valence-electron chi connectivity index (χ1n) is 12.4. The quantitative estimate of drug-likeness (QED) is 0.238. The van der Waals surface area contributed by atoms with Gasteiger partial charge in [0.15, 0.2) is 0 Å². The summed E-state index contributed by atoms with van der Waals surface area (Å²) in [6.07, 6.45) is 0. The number of benzene rings is 6. The van der Waals surface area contributed by atoms with Crippen LogP contribution in [-0.4, -0.2) is 0 Å². The maximum Gasteiger partial charge on any atom is 0.143 e. The van der Waals surface area contributed by atoms with E-state index in [0.29, 0.717) is 0 Å². The van der Waals surface area contributed by atoms with Crippen LogP contribution in [0.1, 0.15) is 22.6 Å². The molecule has 0 radical (unpaired) electrons. The molecule has 0 aliphatic heterocycles. The molecule has 0 bridgehead atoms. The van der Waals surface area contributed by atoms with Gasteiger partial charge >= 0.3 is 0 Å². The number of rotatable bonds is 4. The van der Waals surface area contributed by atoms with Crippen molar-refractivity contribution >= 4 is 32.7 Å². The molecule has 1 nitrogen and oxygen atoms in total. The minimum atomic E-state index is 0.147. The molecule has 0 saturated heterocycles. The Bertz CT molecular complexity index is 1820. The third-order valence-electron chi connectivity index (χ3n) is 7.23. The third-order valence-corrected chi connectivity index (χ3v) is 7.23. The third kappa shape index (κ3) is 3.40. The fourth-order valence-corrected chi connectivity index (χ4v) is 5.53. The Hall–Kier alpha value is -4.62. The average Bonchev–Trinajstić information content (AvgIpc) is 3.33. The predicted molar refractivity (Wildman–Crippen MR) is 150 cm³/mol. The van der Waals surface area contributed by atoms with Gasteiger partial charge in [-0.1, -0.05) is 133 Å². The van der Waals surface area contributed by atoms with Crippen molar-refractivity contribution < 1.29 is 4.42 Å². The van der Waals surface area contributed by atoms with E-state index in [2.05, 4.69) is 127 Å². The Morgan fingerprint density at radius 3 is 1.94 bits per heavy atom. The van der Waals surface area contributed by atoms with Crippen LogP contribution in [0.5, 0.6) is 0 Å². The molecule has 0 N–H and O–H groups in total. The lowest BCUT2D eigenvalue weighted by molar-refractivity contribution is 0.670. The molecule has 0 fully saturated rings. The summed E-state index contributed by atoms with van der Waals surface area (Å²) in [7, 11) is 0. The zero-order valence-electron chi connectivity index (χ0n) is 19.8. The van der Waals surface area contributed by atoms with Crippen molar-refractivity contribution in [2.75, 3.05) is 0 Å². The van der Waals surface area contributed by atoms with Crippen LogP contribution < -0.4 is 0 Å². The normalized spacial score (nSPS) is 12.3. The van der Waals surface area contributed by atoms with Gasteiger partial charge in [-0.05, 0) is 39.1 Å². The second-order valence-electron chi connectivity index (χ2n) is 9.31. The molecule has 1 aromatic heterocycles. The molecule has 1 heteroatoms. The van der Waals surface area contributed by atoms with Gasteiger partial charge in [-0.3, -0.25) is 0 Å². The Kier molecular flexibility index (Phi) is 4.92. The number of furan rings is 1. The van der Waals surface area contributed by atoms with Crippen molar-refractivity contribution in [1.82, 2.24) is 0 Å². The summed E-state index contributed by atoms with van der Waals surface area (Å²) >= 11 is 0. The van der Waals surface area contributed by atoms with Crippen molar-refractivity contribution in [1.29, 1.82) is 0 Å². The molecule has 1 atom stereocenters. The van der Waals surface area contributed by atoms with E-state index in [1.807, 2.05) is 12.1 Å². The second-order valence-corrected chi connectivity index (χ2v) is 9.31. The summed E-state index contributed by atoms with van der Waals surface area (Å²) in [4.78, 5) is 0. The summed E-state index contributed by atoms with van der Waals surface area (Å²) in [6, 6.07) is 49.8. The minimum Gasteiger partial charge on any atom is -0.455 e. The number of hydrogen-bond acceptors (Lipinski definition) is 1. The van der Waals surface area contributed by atoms with Gasteiger partial charge in [0.25, 0.3) is 0 Å². The topological polar surface area (TPSA) is 13.1 Å². The predicted octanol–water partition coefficient (Wildman–Crippen LogP) is 9.59. The van der Waals surface area contributed by atoms with Crippen molar-refractivity contribution in [2.24, 2.45) is 0 Å². The largest absolute Gasteiger partial charge is 0.455 e. The van der Waals surface area contributed by atoms with E-state index in [1.165, 1.54) is 27.5 Å². The van der Waals surface area contributed by atoms with E-state index in [4.69, 9.17) is 4.42 Å². The highest BCUT2D eigenvalue weighted by Gasteiger charge is 2.19. The van der Waals surface area contributed by atoms with E-state index < -0.39 is 0 Å². The maximum absolute atomic E-state index is 6.30. The summed E-state index contributed by atoms with van der Waals surface area (Å²) in [5.41, 5.74) is 8.05. The lowest BCUT2D eigenvalue weighted by Gasteiger charge is -2.21. The Morgan fingerprint density at radius 2 is 1.08 bits per heavy atom. The summed E-state index contributed by atoms with van der Waals surface area (Å²) in [5, 5.41) is 4.88. The van der Waals surface area contributed by atoms with Crippen LogP contribution in [0.2, 0.25) is 0 Å². The first kappa shape index (κ1) is 20.7. The van der Waals surface area contributed by atoms with Crippen LogP contribution in [0.25, 0.3) is 43.8 Å². The number of hydrogen-bond donors (Lipinski definition) is 0. The summed E-state index contributed by atoms with van der Waals surface area (Å²) in [5.74, 6) is 0.147. The molecule has 1 heterocycles. The van der Waals surface area contributed by atoms with Gasteiger partial charge in [0.1, 0.15) is 11.2 Å². The van der Waals surface area contributed by atoms with Crippen LogP contribution in [-0.2, 0) is 0 Å². The van der Waals surface area contributed by atoms with E-state index in [-0.39, 0.29) is 5.92 Å². The van der Waals surface area contributed by atoms with Crippen LogP contribution in [0.4, 0.5) is 0 Å². The molecule has 1 unspecified atom stereocenters. The van der Waals surface area contributed by atoms with Crippen LogP contribution >= 0.6 is 0 Å². The second kappa shape index (κ2) is 8.55. The lowest BCUT2D eigenvalue weighted by atomic mass is 9.82. The molecule has 0 aliphatic carbocycles.